The lowest BCUT2D eigenvalue weighted by atomic mass is 9.97. The van der Waals surface area contributed by atoms with E-state index in [-0.39, 0.29) is 29.1 Å². The van der Waals surface area contributed by atoms with E-state index < -0.39 is 5.82 Å². The quantitative estimate of drug-likeness (QED) is 0.240. The number of pyridine rings is 1. The van der Waals surface area contributed by atoms with Gasteiger partial charge in [0.15, 0.2) is 5.65 Å². The highest BCUT2D eigenvalue weighted by Gasteiger charge is 2.45. The summed E-state index contributed by atoms with van der Waals surface area (Å²) in [6.07, 6.45) is 6.14. The van der Waals surface area contributed by atoms with Crippen molar-refractivity contribution in [3.63, 3.8) is 0 Å². The summed E-state index contributed by atoms with van der Waals surface area (Å²) in [6.45, 7) is 13.2. The molecule has 228 valence electrons. The molecule has 2 aromatic heterocycles. The van der Waals surface area contributed by atoms with Crippen LogP contribution in [0.25, 0.3) is 33.1 Å². The van der Waals surface area contributed by atoms with Crippen LogP contribution >= 0.6 is 0 Å². The maximum atomic E-state index is 16.1. The van der Waals surface area contributed by atoms with Crippen molar-refractivity contribution >= 4 is 33.5 Å². The summed E-state index contributed by atoms with van der Waals surface area (Å²) in [5, 5.41) is 2.54. The van der Waals surface area contributed by atoms with Gasteiger partial charge in [0.1, 0.15) is 17.3 Å². The van der Waals surface area contributed by atoms with Crippen molar-refractivity contribution in [1.29, 1.82) is 0 Å². The van der Waals surface area contributed by atoms with Gasteiger partial charge >= 0.3 is 6.01 Å². The van der Waals surface area contributed by atoms with Crippen molar-refractivity contribution in [3.05, 3.63) is 66.5 Å². The zero-order valence-corrected chi connectivity index (χ0v) is 25.6. The van der Waals surface area contributed by atoms with Gasteiger partial charge in [-0.2, -0.15) is 9.97 Å². The number of aryl methyl sites for hydroxylation is 1. The van der Waals surface area contributed by atoms with Gasteiger partial charge in [-0.1, -0.05) is 43.0 Å². The van der Waals surface area contributed by atoms with Gasteiger partial charge in [-0.25, -0.2) is 9.37 Å². The Balaban J connectivity index is 1.29. The van der Waals surface area contributed by atoms with Gasteiger partial charge in [-0.3, -0.25) is 4.79 Å². The van der Waals surface area contributed by atoms with Crippen LogP contribution in [-0.4, -0.2) is 82.6 Å². The molecule has 2 aliphatic heterocycles. The second-order valence-corrected chi connectivity index (χ2v) is 12.8. The van der Waals surface area contributed by atoms with Gasteiger partial charge in [-0.15, -0.1) is 0 Å². The number of ether oxygens (including phenoxy) is 1. The number of amides is 1. The van der Waals surface area contributed by atoms with Crippen LogP contribution in [0.1, 0.15) is 38.2 Å². The first kappa shape index (κ1) is 28.6. The van der Waals surface area contributed by atoms with E-state index in [0.717, 1.165) is 54.4 Å². The molecule has 8 nitrogen and oxygen atoms in total. The summed E-state index contributed by atoms with van der Waals surface area (Å²) in [7, 11) is 0. The predicted molar refractivity (Wildman–Crippen MR) is 171 cm³/mol. The molecule has 0 radical (unpaired) electrons. The van der Waals surface area contributed by atoms with Gasteiger partial charge in [0.2, 0.25) is 5.91 Å². The van der Waals surface area contributed by atoms with Crippen LogP contribution in [-0.2, 0) is 4.79 Å². The molecule has 1 amide bonds. The molecule has 4 heterocycles. The van der Waals surface area contributed by atoms with E-state index in [4.69, 9.17) is 19.7 Å². The smallest absolute Gasteiger partial charge is 0.320 e. The maximum absolute atomic E-state index is 16.1. The zero-order chi connectivity index (χ0) is 30.4. The van der Waals surface area contributed by atoms with E-state index in [9.17, 15) is 4.79 Å². The lowest BCUT2D eigenvalue weighted by Gasteiger charge is -2.40. The van der Waals surface area contributed by atoms with Crippen LogP contribution in [0, 0.1) is 18.2 Å². The van der Waals surface area contributed by atoms with E-state index in [2.05, 4.69) is 16.4 Å². The molecule has 7 rings (SSSR count). The summed E-state index contributed by atoms with van der Waals surface area (Å²) < 4.78 is 22.5. The van der Waals surface area contributed by atoms with Crippen LogP contribution in [0.2, 0.25) is 0 Å². The van der Waals surface area contributed by atoms with Gasteiger partial charge in [0.25, 0.3) is 0 Å². The van der Waals surface area contributed by atoms with Crippen molar-refractivity contribution in [3.8, 4) is 17.3 Å². The Hall–Kier alpha value is -4.11. The molecule has 1 aliphatic carbocycles. The monoisotopic (exact) mass is 594 g/mol. The van der Waals surface area contributed by atoms with Crippen LogP contribution in [0.4, 0.5) is 10.2 Å². The Bertz CT molecular complexity index is 1740. The fourth-order valence-corrected chi connectivity index (χ4v) is 6.95. The Kier molecular flexibility index (Phi) is 7.44. The van der Waals surface area contributed by atoms with Gasteiger partial charge in [0, 0.05) is 43.2 Å². The van der Waals surface area contributed by atoms with Crippen LogP contribution in [0.5, 0.6) is 6.01 Å². The second kappa shape index (κ2) is 11.4. The van der Waals surface area contributed by atoms with Crippen LogP contribution in [0.15, 0.2) is 55.1 Å². The number of likely N-dealkylation sites (tertiary alicyclic amines) is 1. The molecule has 0 N–H and O–H groups in total. The molecule has 3 fully saturated rings. The molecule has 0 bridgehead atoms. The normalized spacial score (nSPS) is 19.9. The number of carbonyl (C=O) groups excluding carboxylic acids is 1. The molecular formula is C35H39FN6O2. The minimum absolute atomic E-state index is 0.0630. The highest BCUT2D eigenvalue weighted by molar-refractivity contribution is 5.99. The minimum Gasteiger partial charge on any atom is -0.463 e. The largest absolute Gasteiger partial charge is 0.463 e. The minimum atomic E-state index is -0.428. The Morgan fingerprint density at radius 1 is 1.09 bits per heavy atom. The van der Waals surface area contributed by atoms with Crippen molar-refractivity contribution in [2.75, 3.05) is 50.8 Å². The highest BCUT2D eigenvalue weighted by Crippen LogP contribution is 2.47. The van der Waals surface area contributed by atoms with Gasteiger partial charge in [-0.05, 0) is 81.1 Å². The summed E-state index contributed by atoms with van der Waals surface area (Å²) >= 11 is 0. The number of benzene rings is 2. The summed E-state index contributed by atoms with van der Waals surface area (Å²) in [5.41, 5.74) is 2.58. The predicted octanol–water partition coefficient (Wildman–Crippen LogP) is 5.77. The Morgan fingerprint density at radius 3 is 2.59 bits per heavy atom. The van der Waals surface area contributed by atoms with Crippen LogP contribution < -0.4 is 9.64 Å². The third-order valence-electron chi connectivity index (χ3n) is 9.58. The number of halogens is 1. The van der Waals surface area contributed by atoms with E-state index in [0.29, 0.717) is 43.1 Å². The molecular weight excluding hydrogens is 555 g/mol. The summed E-state index contributed by atoms with van der Waals surface area (Å²) in [5.74, 6) is 0.0608. The van der Waals surface area contributed by atoms with E-state index in [1.54, 1.807) is 4.90 Å². The number of hydrogen-bond donors (Lipinski definition) is 0. The molecule has 0 spiro atoms. The maximum Gasteiger partial charge on any atom is 0.320 e. The second-order valence-electron chi connectivity index (χ2n) is 12.8. The number of carbonyl (C=O) groups is 1. The Labute approximate surface area is 257 Å². The Morgan fingerprint density at radius 2 is 1.86 bits per heavy atom. The highest BCUT2D eigenvalue weighted by atomic mass is 19.1. The molecule has 0 unspecified atom stereocenters. The van der Waals surface area contributed by atoms with Gasteiger partial charge < -0.3 is 19.4 Å². The van der Waals surface area contributed by atoms with Crippen LogP contribution in [0.3, 0.4) is 0 Å². The molecule has 1 saturated carbocycles. The van der Waals surface area contributed by atoms with E-state index >= 15 is 4.39 Å². The molecule has 9 heteroatoms. The standard InChI is InChI=1S/C35H39FN6O2/c1-4-29(43)41-17-18-42(24(3)20-41)33-27-19-28(36)31(26-12-8-11-25-10-7-9-23(2)30(25)26)37-32(27)38-34(39-33)44-22-35(13-14-35)21-40-15-5-6-16-40/h4,7-12,19,24H,1,5-6,13-18,20-22H2,2-3H3/t24-/m1/s1. The van der Waals surface area contributed by atoms with Crippen molar-refractivity contribution in [1.82, 2.24) is 24.8 Å². The number of aromatic nitrogens is 3. The number of hydrogen-bond acceptors (Lipinski definition) is 7. The lowest BCUT2D eigenvalue weighted by Crippen LogP contribution is -2.53. The SMILES string of the molecule is C=CC(=O)N1CCN(c2nc(OCC3(CN4CCCC4)CC3)nc3nc(-c4cccc5cccc(C)c45)c(F)cc23)[C@H](C)C1. The molecule has 44 heavy (non-hydrogen) atoms. The summed E-state index contributed by atoms with van der Waals surface area (Å²) in [4.78, 5) is 33.3. The topological polar surface area (TPSA) is 74.7 Å². The first-order chi connectivity index (χ1) is 21.3. The lowest BCUT2D eigenvalue weighted by molar-refractivity contribution is -0.126. The number of fused-ring (bicyclic) bond motifs is 2. The third kappa shape index (κ3) is 5.38. The number of piperazine rings is 1. The molecule has 2 aromatic carbocycles. The molecule has 4 aromatic rings. The van der Waals surface area contributed by atoms with E-state index in [1.807, 2.05) is 50.2 Å². The zero-order valence-electron chi connectivity index (χ0n) is 25.6. The third-order valence-corrected chi connectivity index (χ3v) is 9.58. The van der Waals surface area contributed by atoms with Gasteiger partial charge in [0.05, 0.1) is 12.0 Å². The molecule has 1 atom stereocenters. The van der Waals surface area contributed by atoms with E-state index in [1.165, 1.54) is 25.0 Å². The number of rotatable bonds is 8. The van der Waals surface area contributed by atoms with Crippen molar-refractivity contribution in [2.24, 2.45) is 5.41 Å². The summed E-state index contributed by atoms with van der Waals surface area (Å²) in [6, 6.07) is 13.7. The fraction of sp³-hybridized carbons (Fsp3) is 0.429. The van der Waals surface area contributed by atoms with Crippen molar-refractivity contribution < 1.29 is 13.9 Å². The first-order valence-corrected chi connectivity index (χ1v) is 15.7. The first-order valence-electron chi connectivity index (χ1n) is 15.7. The number of anilines is 1. The number of nitrogens with zero attached hydrogens (tertiary/aromatic N) is 6. The molecule has 2 saturated heterocycles. The average Bonchev–Trinajstić information content (AvgIpc) is 3.60. The average molecular weight is 595 g/mol. The van der Waals surface area contributed by atoms with Crippen molar-refractivity contribution in [2.45, 2.75) is 45.6 Å². The fourth-order valence-electron chi connectivity index (χ4n) is 6.95. The molecule has 3 aliphatic rings.